The van der Waals surface area contributed by atoms with Gasteiger partial charge in [-0.1, -0.05) is 54.1 Å². The smallest absolute Gasteiger partial charge is 0.325 e. The van der Waals surface area contributed by atoms with Gasteiger partial charge in [-0.2, -0.15) is 0 Å². The Bertz CT molecular complexity index is 909. The average Bonchev–Trinajstić information content (AvgIpc) is 2.92. The Morgan fingerprint density at radius 2 is 1.90 bits per heavy atom. The minimum Gasteiger partial charge on any atom is -0.491 e. The highest BCUT2D eigenvalue weighted by atomic mass is 16.5. The number of imide groups is 1. The molecule has 1 aliphatic rings. The van der Waals surface area contributed by atoms with Crippen molar-refractivity contribution in [3.63, 3.8) is 0 Å². The van der Waals surface area contributed by atoms with Crippen molar-refractivity contribution in [2.75, 3.05) is 13.2 Å². The van der Waals surface area contributed by atoms with Crippen LogP contribution in [0.25, 0.3) is 0 Å². The number of hydrogen-bond acceptors (Lipinski definition) is 4. The van der Waals surface area contributed by atoms with Crippen molar-refractivity contribution in [2.24, 2.45) is 0 Å². The third-order valence-electron chi connectivity index (χ3n) is 5.07. The number of benzene rings is 2. The maximum atomic E-state index is 13.0. The molecule has 2 aromatic rings. The molecule has 1 heterocycles. The van der Waals surface area contributed by atoms with Crippen molar-refractivity contribution >= 4 is 11.9 Å². The molecule has 6 nitrogen and oxygen atoms in total. The number of hydrogen-bond donors (Lipinski definition) is 2. The lowest BCUT2D eigenvalue weighted by Crippen LogP contribution is -2.42. The number of ether oxygens (including phenoxy) is 1. The van der Waals surface area contributed by atoms with E-state index in [4.69, 9.17) is 4.74 Å². The zero-order valence-corrected chi connectivity index (χ0v) is 16.7. The number of para-hydroxylation sites is 1. The van der Waals surface area contributed by atoms with Gasteiger partial charge in [-0.15, -0.1) is 6.58 Å². The van der Waals surface area contributed by atoms with Crippen LogP contribution in [0.4, 0.5) is 4.79 Å². The SMILES string of the molecule is C=CCc1ccccc1OCC(O)CN1C(=O)NC(C)(c2ccc(C)cc2)C1=O. The molecule has 2 aromatic carbocycles. The molecule has 6 heteroatoms. The van der Waals surface area contributed by atoms with Gasteiger partial charge in [0.15, 0.2) is 0 Å². The highest BCUT2D eigenvalue weighted by molar-refractivity contribution is 6.07. The Morgan fingerprint density at radius 3 is 2.59 bits per heavy atom. The second-order valence-corrected chi connectivity index (χ2v) is 7.40. The number of carbonyl (C=O) groups is 2. The third kappa shape index (κ3) is 4.32. The van der Waals surface area contributed by atoms with Crippen molar-refractivity contribution < 1.29 is 19.4 Å². The second kappa shape index (κ2) is 8.49. The standard InChI is InChI=1S/C23H26N2O4/c1-4-7-17-8-5-6-9-20(17)29-15-19(26)14-25-21(27)23(3,24-22(25)28)18-12-10-16(2)11-13-18/h4-6,8-13,19,26H,1,7,14-15H2,2-3H3,(H,24,28). The van der Waals surface area contributed by atoms with Crippen molar-refractivity contribution in [1.82, 2.24) is 10.2 Å². The van der Waals surface area contributed by atoms with Gasteiger partial charge in [0.2, 0.25) is 0 Å². The Labute approximate surface area is 170 Å². The Kier molecular flexibility index (Phi) is 6.03. The quantitative estimate of drug-likeness (QED) is 0.533. The lowest BCUT2D eigenvalue weighted by molar-refractivity contribution is -0.132. The van der Waals surface area contributed by atoms with Crippen LogP contribution in [-0.4, -0.2) is 41.2 Å². The summed E-state index contributed by atoms with van der Waals surface area (Å²) < 4.78 is 5.71. The number of β-amino-alcohol motifs (C(OH)–C–C–N with tert-alkyl or cyclic N) is 1. The molecule has 0 aromatic heterocycles. The fourth-order valence-corrected chi connectivity index (χ4v) is 3.36. The first-order valence-corrected chi connectivity index (χ1v) is 9.56. The van der Waals surface area contributed by atoms with E-state index in [1.807, 2.05) is 55.5 Å². The molecule has 2 atom stereocenters. The van der Waals surface area contributed by atoms with Gasteiger partial charge in [0.25, 0.3) is 5.91 Å². The van der Waals surface area contributed by atoms with Gasteiger partial charge in [-0.05, 0) is 37.5 Å². The molecule has 0 saturated carbocycles. The predicted molar refractivity (Wildman–Crippen MR) is 111 cm³/mol. The minimum atomic E-state index is -1.15. The molecule has 1 fully saturated rings. The van der Waals surface area contributed by atoms with E-state index in [1.165, 1.54) is 0 Å². The summed E-state index contributed by atoms with van der Waals surface area (Å²) in [6.45, 7) is 7.18. The molecule has 0 spiro atoms. The molecule has 0 radical (unpaired) electrons. The molecular formula is C23H26N2O4. The van der Waals surface area contributed by atoms with E-state index < -0.39 is 23.6 Å². The largest absolute Gasteiger partial charge is 0.491 e. The highest BCUT2D eigenvalue weighted by Crippen LogP contribution is 2.29. The number of urea groups is 1. The Hall–Kier alpha value is -3.12. The van der Waals surface area contributed by atoms with Gasteiger partial charge in [0.1, 0.15) is 24.0 Å². The summed E-state index contributed by atoms with van der Waals surface area (Å²) in [4.78, 5) is 26.4. The number of nitrogens with zero attached hydrogens (tertiary/aromatic N) is 1. The first-order chi connectivity index (χ1) is 13.8. The number of allylic oxidation sites excluding steroid dienone is 1. The first-order valence-electron chi connectivity index (χ1n) is 9.56. The average molecular weight is 394 g/mol. The molecule has 2 N–H and O–H groups in total. The minimum absolute atomic E-state index is 0.0353. The van der Waals surface area contributed by atoms with Crippen LogP contribution < -0.4 is 10.1 Å². The number of aliphatic hydroxyl groups is 1. The predicted octanol–water partition coefficient (Wildman–Crippen LogP) is 2.93. The van der Waals surface area contributed by atoms with Crippen LogP contribution in [0.15, 0.2) is 61.2 Å². The van der Waals surface area contributed by atoms with E-state index in [-0.39, 0.29) is 13.2 Å². The summed E-state index contributed by atoms with van der Waals surface area (Å²) in [5.41, 5.74) is 1.57. The van der Waals surface area contributed by atoms with Gasteiger partial charge in [-0.25, -0.2) is 4.79 Å². The lowest BCUT2D eigenvalue weighted by atomic mass is 9.91. The van der Waals surface area contributed by atoms with Crippen molar-refractivity contribution in [1.29, 1.82) is 0 Å². The number of aliphatic hydroxyl groups excluding tert-OH is 1. The van der Waals surface area contributed by atoms with Crippen molar-refractivity contribution in [3.05, 3.63) is 77.9 Å². The van der Waals surface area contributed by atoms with Gasteiger partial charge < -0.3 is 15.2 Å². The van der Waals surface area contributed by atoms with Crippen LogP contribution in [0.5, 0.6) is 5.75 Å². The van der Waals surface area contributed by atoms with Gasteiger partial charge in [0.05, 0.1) is 6.54 Å². The molecule has 0 aliphatic carbocycles. The monoisotopic (exact) mass is 394 g/mol. The second-order valence-electron chi connectivity index (χ2n) is 7.40. The maximum absolute atomic E-state index is 13.0. The summed E-state index contributed by atoms with van der Waals surface area (Å²) in [5, 5.41) is 13.1. The molecule has 2 unspecified atom stereocenters. The van der Waals surface area contributed by atoms with Crippen LogP contribution in [0.3, 0.4) is 0 Å². The Morgan fingerprint density at radius 1 is 1.21 bits per heavy atom. The van der Waals surface area contributed by atoms with E-state index >= 15 is 0 Å². The van der Waals surface area contributed by atoms with Gasteiger partial charge >= 0.3 is 6.03 Å². The zero-order valence-electron chi connectivity index (χ0n) is 16.7. The van der Waals surface area contributed by atoms with Crippen LogP contribution in [0.2, 0.25) is 0 Å². The first kappa shape index (κ1) is 20.6. The Balaban J connectivity index is 1.65. The third-order valence-corrected chi connectivity index (χ3v) is 5.07. The van der Waals surface area contributed by atoms with E-state index in [0.29, 0.717) is 17.7 Å². The summed E-state index contributed by atoms with van der Waals surface area (Å²) in [7, 11) is 0. The number of carbonyl (C=O) groups excluding carboxylic acids is 2. The highest BCUT2D eigenvalue weighted by Gasteiger charge is 2.49. The number of amides is 3. The van der Waals surface area contributed by atoms with Crippen molar-refractivity contribution in [3.8, 4) is 5.75 Å². The summed E-state index contributed by atoms with van der Waals surface area (Å²) >= 11 is 0. The van der Waals surface area contributed by atoms with Crippen LogP contribution in [0, 0.1) is 6.92 Å². The molecule has 152 valence electrons. The van der Waals surface area contributed by atoms with Gasteiger partial charge in [-0.3, -0.25) is 9.69 Å². The number of aryl methyl sites for hydroxylation is 1. The van der Waals surface area contributed by atoms with Gasteiger partial charge in [0, 0.05) is 0 Å². The van der Waals surface area contributed by atoms with E-state index in [2.05, 4.69) is 11.9 Å². The molecule has 3 amide bonds. The fourth-order valence-electron chi connectivity index (χ4n) is 3.36. The van der Waals surface area contributed by atoms with Crippen LogP contribution in [-0.2, 0) is 16.8 Å². The topological polar surface area (TPSA) is 78.9 Å². The summed E-state index contributed by atoms with van der Waals surface area (Å²) in [6, 6.07) is 14.4. The van der Waals surface area contributed by atoms with Crippen molar-refractivity contribution in [2.45, 2.75) is 31.9 Å². The van der Waals surface area contributed by atoms with Crippen LogP contribution >= 0.6 is 0 Å². The molecule has 3 rings (SSSR count). The molecule has 0 bridgehead atoms. The van der Waals surface area contributed by atoms with Crippen LogP contribution in [0.1, 0.15) is 23.6 Å². The molecule has 1 saturated heterocycles. The van der Waals surface area contributed by atoms with E-state index in [0.717, 1.165) is 16.0 Å². The van der Waals surface area contributed by atoms with E-state index in [9.17, 15) is 14.7 Å². The molecular weight excluding hydrogens is 368 g/mol. The zero-order chi connectivity index (χ0) is 21.0. The number of nitrogens with one attached hydrogen (secondary N) is 1. The molecule has 29 heavy (non-hydrogen) atoms. The summed E-state index contributed by atoms with van der Waals surface area (Å²) in [5.74, 6) is 0.255. The molecule has 1 aliphatic heterocycles. The maximum Gasteiger partial charge on any atom is 0.325 e. The van der Waals surface area contributed by atoms with E-state index in [1.54, 1.807) is 13.0 Å². The summed E-state index contributed by atoms with van der Waals surface area (Å²) in [6.07, 6.45) is 1.41. The number of rotatable bonds is 8. The lowest BCUT2D eigenvalue weighted by Gasteiger charge is -2.23. The fraction of sp³-hybridized carbons (Fsp3) is 0.304. The normalized spacial score (nSPS) is 19.8.